The molecule has 0 aliphatic heterocycles. The number of para-hydroxylation sites is 2. The molecule has 0 aliphatic rings. The third-order valence-electron chi connectivity index (χ3n) is 3.13. The number of carbonyl (C=O) groups is 2. The van der Waals surface area contributed by atoms with Crippen LogP contribution in [0.25, 0.3) is 0 Å². The minimum Gasteiger partial charge on any atom is -0.507 e. The van der Waals surface area contributed by atoms with E-state index in [0.29, 0.717) is 11.1 Å². The molecule has 0 spiro atoms. The highest BCUT2D eigenvalue weighted by Crippen LogP contribution is 2.13. The van der Waals surface area contributed by atoms with Crippen LogP contribution in [0, 0.1) is 0 Å². The number of hydrogen-bond donors (Lipinski definition) is 4. The van der Waals surface area contributed by atoms with Crippen LogP contribution in [0.4, 0.5) is 0 Å². The van der Waals surface area contributed by atoms with Crippen LogP contribution in [0.1, 0.15) is 11.1 Å². The Morgan fingerprint density at radius 3 is 1.63 bits per heavy atom. The zero-order valence-corrected chi connectivity index (χ0v) is 14.2. The van der Waals surface area contributed by atoms with E-state index in [0.717, 1.165) is 0 Å². The average molecular weight is 370 g/mol. The number of amides is 2. The summed E-state index contributed by atoms with van der Waals surface area (Å²) >= 11 is 0. The standard InChI is InChI=1S/C18H18N4O5/c23-15-7-3-1-5-13(15)9-19-21-17(25)11-27-12-18(26)22-20-10-14-6-2-4-8-16(14)24/h1-10,23-24H,11-12H2,(H,21,25)(H,22,26). The maximum Gasteiger partial charge on any atom is 0.266 e. The van der Waals surface area contributed by atoms with Crippen LogP contribution in [-0.2, 0) is 14.3 Å². The Labute approximate surface area is 155 Å². The summed E-state index contributed by atoms with van der Waals surface area (Å²) < 4.78 is 4.94. The van der Waals surface area contributed by atoms with E-state index in [4.69, 9.17) is 4.74 Å². The fourth-order valence-electron chi connectivity index (χ4n) is 1.84. The fraction of sp³-hybridized carbons (Fsp3) is 0.111. The predicted octanol–water partition coefficient (Wildman–Crippen LogP) is 0.715. The number of hydrogen-bond acceptors (Lipinski definition) is 7. The summed E-state index contributed by atoms with van der Waals surface area (Å²) in [5, 5.41) is 26.4. The summed E-state index contributed by atoms with van der Waals surface area (Å²) in [6.07, 6.45) is 2.57. The summed E-state index contributed by atoms with van der Waals surface area (Å²) in [4.78, 5) is 23.1. The Morgan fingerprint density at radius 2 is 1.22 bits per heavy atom. The first-order valence-electron chi connectivity index (χ1n) is 7.84. The minimum absolute atomic E-state index is 0.0350. The van der Waals surface area contributed by atoms with E-state index in [1.165, 1.54) is 24.6 Å². The topological polar surface area (TPSA) is 133 Å². The maximum atomic E-state index is 11.5. The second kappa shape index (κ2) is 10.3. The van der Waals surface area contributed by atoms with E-state index < -0.39 is 11.8 Å². The van der Waals surface area contributed by atoms with Crippen LogP contribution in [-0.4, -0.2) is 47.7 Å². The number of benzene rings is 2. The van der Waals surface area contributed by atoms with E-state index >= 15 is 0 Å². The van der Waals surface area contributed by atoms with Gasteiger partial charge in [0.15, 0.2) is 0 Å². The van der Waals surface area contributed by atoms with Gasteiger partial charge in [0.1, 0.15) is 24.7 Å². The normalized spacial score (nSPS) is 11.0. The number of rotatable bonds is 8. The number of nitrogens with one attached hydrogen (secondary N) is 2. The van der Waals surface area contributed by atoms with Crippen molar-refractivity contribution in [1.82, 2.24) is 10.9 Å². The molecule has 0 bridgehead atoms. The monoisotopic (exact) mass is 370 g/mol. The molecule has 0 atom stereocenters. The first-order chi connectivity index (χ1) is 13.1. The molecular formula is C18H18N4O5. The van der Waals surface area contributed by atoms with Gasteiger partial charge in [-0.15, -0.1) is 0 Å². The number of carbonyl (C=O) groups excluding carboxylic acids is 2. The van der Waals surface area contributed by atoms with E-state index in [1.807, 2.05) is 0 Å². The molecule has 0 aromatic heterocycles. The van der Waals surface area contributed by atoms with Crippen molar-refractivity contribution in [3.05, 3.63) is 59.7 Å². The van der Waals surface area contributed by atoms with Crippen LogP contribution in [0.5, 0.6) is 11.5 Å². The number of phenols is 2. The number of aromatic hydroxyl groups is 2. The fourth-order valence-corrected chi connectivity index (χ4v) is 1.84. The number of ether oxygens (including phenoxy) is 1. The lowest BCUT2D eigenvalue weighted by Crippen LogP contribution is -2.28. The molecule has 0 saturated carbocycles. The number of nitrogens with zero attached hydrogens (tertiary/aromatic N) is 2. The maximum absolute atomic E-state index is 11.5. The molecule has 0 heterocycles. The van der Waals surface area contributed by atoms with Crippen molar-refractivity contribution in [3.63, 3.8) is 0 Å². The summed E-state index contributed by atoms with van der Waals surface area (Å²) in [5.41, 5.74) is 5.31. The Hall–Kier alpha value is -3.72. The third kappa shape index (κ3) is 6.96. The van der Waals surface area contributed by atoms with E-state index in [2.05, 4.69) is 21.1 Å². The van der Waals surface area contributed by atoms with Crippen LogP contribution in [0.2, 0.25) is 0 Å². The molecule has 2 rings (SSSR count). The van der Waals surface area contributed by atoms with Crippen LogP contribution >= 0.6 is 0 Å². The summed E-state index contributed by atoms with van der Waals surface area (Å²) in [5.74, 6) is -1.06. The lowest BCUT2D eigenvalue weighted by atomic mass is 10.2. The Kier molecular flexibility index (Phi) is 7.49. The SMILES string of the molecule is O=C(COCC(=O)NN=Cc1ccccc1O)NN=Cc1ccccc1O. The lowest BCUT2D eigenvalue weighted by molar-refractivity contribution is -0.130. The van der Waals surface area contributed by atoms with Crippen molar-refractivity contribution in [1.29, 1.82) is 0 Å². The molecule has 0 radical (unpaired) electrons. The van der Waals surface area contributed by atoms with E-state index in [-0.39, 0.29) is 24.7 Å². The summed E-state index contributed by atoms with van der Waals surface area (Å²) in [6.45, 7) is -0.760. The van der Waals surface area contributed by atoms with Gasteiger partial charge in [-0.1, -0.05) is 24.3 Å². The van der Waals surface area contributed by atoms with Crippen molar-refractivity contribution in [2.45, 2.75) is 0 Å². The first kappa shape index (κ1) is 19.6. The molecule has 0 saturated heterocycles. The van der Waals surface area contributed by atoms with Gasteiger partial charge < -0.3 is 14.9 Å². The summed E-state index contributed by atoms with van der Waals surface area (Å²) in [7, 11) is 0. The van der Waals surface area contributed by atoms with Crippen molar-refractivity contribution in [3.8, 4) is 11.5 Å². The average Bonchev–Trinajstić information content (AvgIpc) is 2.65. The smallest absolute Gasteiger partial charge is 0.266 e. The molecular weight excluding hydrogens is 352 g/mol. The zero-order chi connectivity index (χ0) is 19.5. The number of hydrazone groups is 2. The van der Waals surface area contributed by atoms with E-state index in [1.54, 1.807) is 36.4 Å². The van der Waals surface area contributed by atoms with Gasteiger partial charge in [-0.05, 0) is 24.3 Å². The van der Waals surface area contributed by atoms with Crippen molar-refractivity contribution < 1.29 is 24.5 Å². The quantitative estimate of drug-likeness (QED) is 0.401. The second-order valence-corrected chi connectivity index (χ2v) is 5.20. The largest absolute Gasteiger partial charge is 0.507 e. The molecule has 0 unspecified atom stereocenters. The molecule has 0 aliphatic carbocycles. The molecule has 9 nitrogen and oxygen atoms in total. The van der Waals surface area contributed by atoms with Gasteiger partial charge in [0.25, 0.3) is 11.8 Å². The highest BCUT2D eigenvalue weighted by atomic mass is 16.5. The molecule has 27 heavy (non-hydrogen) atoms. The number of phenolic OH excluding ortho intramolecular Hbond substituents is 2. The molecule has 2 amide bonds. The molecule has 2 aromatic rings. The van der Waals surface area contributed by atoms with Crippen LogP contribution in [0.15, 0.2) is 58.7 Å². The molecule has 140 valence electrons. The van der Waals surface area contributed by atoms with Gasteiger partial charge in [0, 0.05) is 11.1 Å². The molecule has 4 N–H and O–H groups in total. The third-order valence-corrected chi connectivity index (χ3v) is 3.13. The van der Waals surface area contributed by atoms with Crippen LogP contribution in [0.3, 0.4) is 0 Å². The lowest BCUT2D eigenvalue weighted by Gasteiger charge is -2.03. The van der Waals surface area contributed by atoms with Crippen molar-refractivity contribution in [2.75, 3.05) is 13.2 Å². The van der Waals surface area contributed by atoms with Crippen molar-refractivity contribution >= 4 is 24.2 Å². The Balaban J connectivity index is 1.65. The second-order valence-electron chi connectivity index (χ2n) is 5.20. The Morgan fingerprint density at radius 1 is 0.815 bits per heavy atom. The van der Waals surface area contributed by atoms with Gasteiger partial charge in [0.2, 0.25) is 0 Å². The minimum atomic E-state index is -0.563. The zero-order valence-electron chi connectivity index (χ0n) is 14.2. The Bertz CT molecular complexity index is 782. The van der Waals surface area contributed by atoms with Gasteiger partial charge >= 0.3 is 0 Å². The first-order valence-corrected chi connectivity index (χ1v) is 7.84. The van der Waals surface area contributed by atoms with Crippen molar-refractivity contribution in [2.24, 2.45) is 10.2 Å². The highest BCUT2D eigenvalue weighted by molar-refractivity contribution is 5.86. The van der Waals surface area contributed by atoms with Gasteiger partial charge in [-0.25, -0.2) is 10.9 Å². The molecule has 2 aromatic carbocycles. The predicted molar refractivity (Wildman–Crippen MR) is 98.5 cm³/mol. The van der Waals surface area contributed by atoms with Crippen LogP contribution < -0.4 is 10.9 Å². The summed E-state index contributed by atoms with van der Waals surface area (Å²) in [6, 6.07) is 13.0. The highest BCUT2D eigenvalue weighted by Gasteiger charge is 2.04. The van der Waals surface area contributed by atoms with Gasteiger partial charge in [0.05, 0.1) is 12.4 Å². The van der Waals surface area contributed by atoms with Gasteiger partial charge in [-0.2, -0.15) is 10.2 Å². The van der Waals surface area contributed by atoms with E-state index in [9.17, 15) is 19.8 Å². The van der Waals surface area contributed by atoms with Gasteiger partial charge in [-0.3, -0.25) is 9.59 Å². The molecule has 9 heteroatoms. The molecule has 0 fully saturated rings.